The zero-order valence-electron chi connectivity index (χ0n) is 7.49. The van der Waals surface area contributed by atoms with E-state index in [0.717, 1.165) is 25.2 Å². The van der Waals surface area contributed by atoms with Crippen LogP contribution in [0.5, 0.6) is 0 Å². The van der Waals surface area contributed by atoms with E-state index < -0.39 is 11.1 Å². The third-order valence-electron chi connectivity index (χ3n) is 3.23. The van der Waals surface area contributed by atoms with E-state index in [4.69, 9.17) is 0 Å². The minimum atomic E-state index is -1.80. The maximum atomic E-state index is 10.7. The molecule has 0 saturated heterocycles. The summed E-state index contributed by atoms with van der Waals surface area (Å²) in [6.45, 7) is 0. The summed E-state index contributed by atoms with van der Waals surface area (Å²) in [5.41, 5.74) is 0. The minimum absolute atomic E-state index is 0. The molecule has 64 valence electrons. The van der Waals surface area contributed by atoms with E-state index >= 15 is 0 Å². The van der Waals surface area contributed by atoms with Gasteiger partial charge in [0.05, 0.1) is 0 Å². The molecule has 2 bridgehead atoms. The molecule has 0 spiro atoms. The third kappa shape index (κ3) is 2.13. The van der Waals surface area contributed by atoms with Crippen LogP contribution in [0.15, 0.2) is 0 Å². The van der Waals surface area contributed by atoms with E-state index in [1.54, 1.807) is 0 Å². The van der Waals surface area contributed by atoms with Crippen LogP contribution >= 0.6 is 0 Å². The van der Waals surface area contributed by atoms with Gasteiger partial charge in [-0.1, -0.05) is 23.9 Å². The van der Waals surface area contributed by atoms with Crippen molar-refractivity contribution in [1.82, 2.24) is 0 Å². The normalized spacial score (nSPS) is 41.9. The summed E-state index contributed by atoms with van der Waals surface area (Å²) in [4.78, 5) is 0. The van der Waals surface area contributed by atoms with E-state index in [1.165, 1.54) is 12.8 Å². The molecule has 3 rings (SSSR count). The molecule has 0 aromatic carbocycles. The molecule has 3 saturated carbocycles. The van der Waals surface area contributed by atoms with Crippen molar-refractivity contribution in [3.8, 4) is 0 Å². The molecule has 12 heavy (non-hydrogen) atoms. The molecule has 0 heterocycles. The first-order valence-corrected chi connectivity index (χ1v) is 5.49. The monoisotopic (exact) mass is 196 g/mol. The van der Waals surface area contributed by atoms with Gasteiger partial charge in [0.25, 0.3) is 0 Å². The summed E-state index contributed by atoms with van der Waals surface area (Å²) in [5.74, 6) is 1.22. The van der Waals surface area contributed by atoms with Gasteiger partial charge in [-0.25, -0.2) is 0 Å². The predicted molar refractivity (Wildman–Crippen MR) is 42.8 cm³/mol. The summed E-state index contributed by atoms with van der Waals surface area (Å²) in [6.07, 6.45) is 5.81. The van der Waals surface area contributed by atoms with Crippen LogP contribution in [0.3, 0.4) is 0 Å². The fraction of sp³-hybridized carbons (Fsp3) is 1.00. The van der Waals surface area contributed by atoms with Gasteiger partial charge in [0.2, 0.25) is 0 Å². The van der Waals surface area contributed by atoms with Crippen molar-refractivity contribution >= 4 is 11.1 Å². The summed E-state index contributed by atoms with van der Waals surface area (Å²) in [5, 5.41) is 0.00231. The van der Waals surface area contributed by atoms with E-state index in [0.29, 0.717) is 5.92 Å². The Hall–Kier alpha value is 1.11. The van der Waals surface area contributed by atoms with Gasteiger partial charge in [0, 0.05) is 5.25 Å². The molecule has 3 fully saturated rings. The van der Waals surface area contributed by atoms with Crippen LogP contribution in [0, 0.1) is 11.8 Å². The van der Waals surface area contributed by atoms with Crippen molar-refractivity contribution in [2.45, 2.75) is 37.4 Å². The van der Waals surface area contributed by atoms with Crippen molar-refractivity contribution < 1.29 is 38.3 Å². The van der Waals surface area contributed by atoms with Gasteiger partial charge in [-0.15, -0.1) is 0 Å². The van der Waals surface area contributed by atoms with E-state index in [-0.39, 0.29) is 34.8 Å². The number of hydrogen-bond donors (Lipinski definition) is 0. The largest absolute Gasteiger partial charge is 1.00 e. The fourth-order valence-corrected chi connectivity index (χ4v) is 3.57. The Morgan fingerprint density at radius 3 is 2.00 bits per heavy atom. The molecule has 2 atom stereocenters. The van der Waals surface area contributed by atoms with Gasteiger partial charge < -0.3 is 4.55 Å². The summed E-state index contributed by atoms with van der Waals surface area (Å²) < 4.78 is 21.5. The molecule has 3 aliphatic carbocycles. The molecule has 0 aromatic heterocycles. The predicted octanol–water partition coefficient (Wildman–Crippen LogP) is -1.55. The maximum Gasteiger partial charge on any atom is 1.00 e. The summed E-state index contributed by atoms with van der Waals surface area (Å²) >= 11 is -1.80. The molecule has 0 aliphatic heterocycles. The van der Waals surface area contributed by atoms with Gasteiger partial charge >= 0.3 is 29.6 Å². The topological polar surface area (TPSA) is 40.1 Å². The van der Waals surface area contributed by atoms with Crippen molar-refractivity contribution in [3.63, 3.8) is 0 Å². The third-order valence-corrected chi connectivity index (χ3v) is 4.30. The van der Waals surface area contributed by atoms with Gasteiger partial charge in [-0.2, -0.15) is 0 Å². The van der Waals surface area contributed by atoms with Crippen LogP contribution in [0.2, 0.25) is 0 Å². The van der Waals surface area contributed by atoms with Crippen molar-refractivity contribution in [3.05, 3.63) is 0 Å². The summed E-state index contributed by atoms with van der Waals surface area (Å²) in [6, 6.07) is 0. The smallest absolute Gasteiger partial charge is 0.772 e. The molecule has 2 nitrogen and oxygen atoms in total. The van der Waals surface area contributed by atoms with Gasteiger partial charge in [0.15, 0.2) is 0 Å². The standard InChI is InChI=1S/C8H14O2S.Na/c9-11(10)8-5-6-1-3-7(8)4-2-6;/h6-8H,1-5H2,(H,9,10);/q;+1/p-1. The van der Waals surface area contributed by atoms with Gasteiger partial charge in [-0.3, -0.25) is 4.21 Å². The van der Waals surface area contributed by atoms with Crippen LogP contribution < -0.4 is 29.6 Å². The zero-order valence-corrected chi connectivity index (χ0v) is 10.3. The number of fused-ring (bicyclic) bond motifs is 3. The fourth-order valence-electron chi connectivity index (χ4n) is 2.55. The SMILES string of the molecule is O=S([O-])C1CC2CCC1CC2.[Na+]. The van der Waals surface area contributed by atoms with Gasteiger partial charge in [-0.05, 0) is 31.1 Å². The molecule has 2 unspecified atom stereocenters. The number of hydrogen-bond acceptors (Lipinski definition) is 2. The molecule has 4 heteroatoms. The first-order chi connectivity index (χ1) is 5.27. The van der Waals surface area contributed by atoms with Crippen LogP contribution in [0.25, 0.3) is 0 Å². The first kappa shape index (κ1) is 11.2. The van der Waals surface area contributed by atoms with E-state index in [1.807, 2.05) is 0 Å². The van der Waals surface area contributed by atoms with Crippen molar-refractivity contribution in [2.75, 3.05) is 0 Å². The van der Waals surface area contributed by atoms with Crippen LogP contribution in [0.4, 0.5) is 0 Å². The van der Waals surface area contributed by atoms with Gasteiger partial charge in [0.1, 0.15) is 0 Å². The molecular formula is C8H13NaO2S. The molecule has 3 aliphatic rings. The second-order valence-electron chi connectivity index (χ2n) is 3.82. The van der Waals surface area contributed by atoms with Crippen LogP contribution in [0.1, 0.15) is 32.1 Å². The Kier molecular flexibility index (Phi) is 4.25. The van der Waals surface area contributed by atoms with E-state index in [9.17, 15) is 8.76 Å². The average molecular weight is 196 g/mol. The quantitative estimate of drug-likeness (QED) is 0.376. The average Bonchev–Trinajstić information content (AvgIpc) is 2.06. The maximum absolute atomic E-state index is 10.7. The molecule has 0 aromatic rings. The zero-order chi connectivity index (χ0) is 7.84. The van der Waals surface area contributed by atoms with Crippen LogP contribution in [-0.4, -0.2) is 14.0 Å². The Labute approximate surface area is 98.1 Å². The Bertz CT molecular complexity index is 178. The molecule has 0 N–H and O–H groups in total. The van der Waals surface area contributed by atoms with Crippen LogP contribution in [-0.2, 0) is 11.1 Å². The number of rotatable bonds is 1. The van der Waals surface area contributed by atoms with Crippen molar-refractivity contribution in [2.24, 2.45) is 11.8 Å². The first-order valence-electron chi connectivity index (χ1n) is 4.35. The van der Waals surface area contributed by atoms with Crippen molar-refractivity contribution in [1.29, 1.82) is 0 Å². The second-order valence-corrected chi connectivity index (χ2v) is 4.94. The Morgan fingerprint density at radius 2 is 1.75 bits per heavy atom. The Balaban J connectivity index is 0.000000720. The van der Waals surface area contributed by atoms with E-state index in [2.05, 4.69) is 0 Å². The second kappa shape index (κ2) is 4.56. The Morgan fingerprint density at radius 1 is 1.17 bits per heavy atom. The molecular weight excluding hydrogens is 183 g/mol. The summed E-state index contributed by atoms with van der Waals surface area (Å²) in [7, 11) is 0. The molecule has 0 amide bonds. The molecule has 0 radical (unpaired) electrons. The minimum Gasteiger partial charge on any atom is -0.772 e.